The Labute approximate surface area is 163 Å². The van der Waals surface area contributed by atoms with Crippen molar-refractivity contribution in [3.05, 3.63) is 52.2 Å². The minimum atomic E-state index is -0.187. The zero-order valence-electron chi connectivity index (χ0n) is 16.4. The molecule has 0 atom stereocenters. The number of carbonyl (C=O) groups is 1. The van der Waals surface area contributed by atoms with Crippen LogP contribution in [0.4, 0.5) is 0 Å². The number of aryl methyl sites for hydroxylation is 2. The van der Waals surface area contributed by atoms with E-state index < -0.39 is 0 Å². The number of hydrogen-bond donors (Lipinski definition) is 1. The molecule has 0 fully saturated rings. The van der Waals surface area contributed by atoms with Crippen LogP contribution in [-0.2, 0) is 16.1 Å². The van der Waals surface area contributed by atoms with E-state index in [4.69, 9.17) is 4.74 Å². The van der Waals surface area contributed by atoms with Gasteiger partial charge in [0, 0.05) is 33.2 Å². The van der Waals surface area contributed by atoms with Gasteiger partial charge in [-0.15, -0.1) is 0 Å². The summed E-state index contributed by atoms with van der Waals surface area (Å²) >= 11 is 0. The van der Waals surface area contributed by atoms with Crippen LogP contribution < -0.4 is 10.9 Å². The van der Waals surface area contributed by atoms with Crippen LogP contribution in [0.5, 0.6) is 0 Å². The topological polar surface area (TPSA) is 91.0 Å². The number of aromatic nitrogens is 4. The van der Waals surface area contributed by atoms with Crippen LogP contribution in [0.15, 0.2) is 35.3 Å². The summed E-state index contributed by atoms with van der Waals surface area (Å²) in [7, 11) is 1.63. The van der Waals surface area contributed by atoms with Gasteiger partial charge in [-0.25, -0.2) is 9.67 Å². The first kappa shape index (κ1) is 19.8. The van der Waals surface area contributed by atoms with Crippen molar-refractivity contribution in [2.45, 2.75) is 33.2 Å². The molecule has 1 amide bonds. The third-order valence-corrected chi connectivity index (χ3v) is 4.57. The van der Waals surface area contributed by atoms with Crippen molar-refractivity contribution in [2.24, 2.45) is 0 Å². The van der Waals surface area contributed by atoms with Crippen molar-refractivity contribution in [1.29, 1.82) is 0 Å². The fraction of sp³-hybridized carbons (Fsp3) is 0.400. The monoisotopic (exact) mass is 383 g/mol. The summed E-state index contributed by atoms with van der Waals surface area (Å²) in [6.45, 7) is 5.22. The van der Waals surface area contributed by atoms with E-state index >= 15 is 0 Å². The Hall–Kier alpha value is -3.00. The summed E-state index contributed by atoms with van der Waals surface area (Å²) in [5, 5.41) is 7.60. The first-order chi connectivity index (χ1) is 13.5. The van der Waals surface area contributed by atoms with Crippen molar-refractivity contribution < 1.29 is 9.53 Å². The Morgan fingerprint density at radius 1 is 1.21 bits per heavy atom. The Balaban J connectivity index is 1.79. The second-order valence-electron chi connectivity index (χ2n) is 6.69. The molecule has 0 unspecified atom stereocenters. The molecule has 148 valence electrons. The quantitative estimate of drug-likeness (QED) is 0.599. The fourth-order valence-electron chi connectivity index (χ4n) is 2.99. The molecule has 0 saturated carbocycles. The van der Waals surface area contributed by atoms with Gasteiger partial charge in [0.05, 0.1) is 11.9 Å². The largest absolute Gasteiger partial charge is 0.385 e. The van der Waals surface area contributed by atoms with Gasteiger partial charge in [0.25, 0.3) is 5.56 Å². The highest BCUT2D eigenvalue weighted by Crippen LogP contribution is 2.15. The standard InChI is InChI=1S/C20H25N5O3/c1-14-5-7-16(8-6-14)25-19-17(13-22-25)20(27)24(15(2)23-19)11-9-18(26)21-10-4-12-28-3/h5-8,13H,4,9-12H2,1-3H3,(H,21,26). The Kier molecular flexibility index (Phi) is 6.20. The van der Waals surface area contributed by atoms with Crippen molar-refractivity contribution in [2.75, 3.05) is 20.3 Å². The van der Waals surface area contributed by atoms with E-state index in [1.807, 2.05) is 31.2 Å². The van der Waals surface area contributed by atoms with E-state index in [-0.39, 0.29) is 24.4 Å². The molecule has 0 saturated heterocycles. The minimum absolute atomic E-state index is 0.0992. The summed E-state index contributed by atoms with van der Waals surface area (Å²) in [6.07, 6.45) is 2.51. The highest BCUT2D eigenvalue weighted by molar-refractivity contribution is 5.76. The van der Waals surface area contributed by atoms with Gasteiger partial charge in [0.1, 0.15) is 11.2 Å². The number of benzene rings is 1. The molecule has 1 N–H and O–H groups in total. The number of amides is 1. The fourth-order valence-corrected chi connectivity index (χ4v) is 2.99. The Bertz CT molecular complexity index is 1020. The maximum atomic E-state index is 12.9. The molecule has 0 radical (unpaired) electrons. The van der Waals surface area contributed by atoms with Crippen molar-refractivity contribution in [3.63, 3.8) is 0 Å². The SMILES string of the molecule is COCCCNC(=O)CCn1c(C)nc2c(cnn2-c2ccc(C)cc2)c1=O. The molecule has 28 heavy (non-hydrogen) atoms. The maximum Gasteiger partial charge on any atom is 0.264 e. The molecule has 2 aromatic heterocycles. The highest BCUT2D eigenvalue weighted by Gasteiger charge is 2.14. The van der Waals surface area contributed by atoms with Gasteiger partial charge < -0.3 is 10.1 Å². The lowest BCUT2D eigenvalue weighted by molar-refractivity contribution is -0.121. The molecule has 3 rings (SSSR count). The molecule has 0 bridgehead atoms. The molecule has 3 aromatic rings. The molecular formula is C20H25N5O3. The lowest BCUT2D eigenvalue weighted by Gasteiger charge is -2.10. The summed E-state index contributed by atoms with van der Waals surface area (Å²) < 4.78 is 8.14. The molecule has 8 nitrogen and oxygen atoms in total. The average Bonchev–Trinajstić information content (AvgIpc) is 3.09. The van der Waals surface area contributed by atoms with E-state index in [9.17, 15) is 9.59 Å². The smallest absolute Gasteiger partial charge is 0.264 e. The molecule has 2 heterocycles. The van der Waals surface area contributed by atoms with Crippen molar-refractivity contribution in [1.82, 2.24) is 24.6 Å². The number of ether oxygens (including phenoxy) is 1. The predicted octanol–water partition coefficient (Wildman–Crippen LogP) is 1.74. The highest BCUT2D eigenvalue weighted by atomic mass is 16.5. The number of nitrogens with zero attached hydrogens (tertiary/aromatic N) is 4. The third kappa shape index (κ3) is 4.28. The van der Waals surface area contributed by atoms with Gasteiger partial charge in [0.15, 0.2) is 5.65 Å². The zero-order chi connectivity index (χ0) is 20.1. The lowest BCUT2D eigenvalue weighted by Crippen LogP contribution is -2.30. The van der Waals surface area contributed by atoms with Crippen LogP contribution in [-0.4, -0.2) is 45.5 Å². The molecular weight excluding hydrogens is 358 g/mol. The van der Waals surface area contributed by atoms with Gasteiger partial charge in [-0.05, 0) is 32.4 Å². The Morgan fingerprint density at radius 3 is 2.68 bits per heavy atom. The van der Waals surface area contributed by atoms with Crippen LogP contribution in [0, 0.1) is 13.8 Å². The van der Waals surface area contributed by atoms with Gasteiger partial charge in [0.2, 0.25) is 5.91 Å². The van der Waals surface area contributed by atoms with Gasteiger partial charge in [-0.3, -0.25) is 14.2 Å². The minimum Gasteiger partial charge on any atom is -0.385 e. The summed E-state index contributed by atoms with van der Waals surface area (Å²) in [5.41, 5.74) is 2.33. The van der Waals surface area contributed by atoms with E-state index in [1.54, 1.807) is 18.7 Å². The van der Waals surface area contributed by atoms with Crippen LogP contribution in [0.2, 0.25) is 0 Å². The normalized spacial score (nSPS) is 11.1. The van der Waals surface area contributed by atoms with Crippen LogP contribution in [0.25, 0.3) is 16.7 Å². The third-order valence-electron chi connectivity index (χ3n) is 4.57. The number of carbonyl (C=O) groups excluding carboxylic acids is 1. The van der Waals surface area contributed by atoms with Crippen LogP contribution in [0.3, 0.4) is 0 Å². The van der Waals surface area contributed by atoms with Gasteiger partial charge in [-0.2, -0.15) is 5.10 Å². The van der Waals surface area contributed by atoms with Crippen molar-refractivity contribution in [3.8, 4) is 5.69 Å². The molecule has 1 aromatic carbocycles. The number of hydrogen-bond acceptors (Lipinski definition) is 5. The number of methoxy groups -OCH3 is 1. The first-order valence-electron chi connectivity index (χ1n) is 9.29. The van der Waals surface area contributed by atoms with Crippen LogP contribution >= 0.6 is 0 Å². The summed E-state index contributed by atoms with van der Waals surface area (Å²) in [5.74, 6) is 0.455. The first-order valence-corrected chi connectivity index (χ1v) is 9.29. The van der Waals surface area contributed by atoms with E-state index in [0.29, 0.717) is 30.0 Å². The zero-order valence-corrected chi connectivity index (χ0v) is 16.4. The Morgan fingerprint density at radius 2 is 1.96 bits per heavy atom. The summed E-state index contributed by atoms with van der Waals surface area (Å²) in [6, 6.07) is 7.86. The van der Waals surface area contributed by atoms with Crippen LogP contribution in [0.1, 0.15) is 24.2 Å². The van der Waals surface area contributed by atoms with E-state index in [2.05, 4.69) is 15.4 Å². The molecule has 0 aliphatic heterocycles. The molecule has 0 aliphatic rings. The second kappa shape index (κ2) is 8.79. The average molecular weight is 383 g/mol. The van der Waals surface area contributed by atoms with Crippen molar-refractivity contribution >= 4 is 16.9 Å². The second-order valence-corrected chi connectivity index (χ2v) is 6.69. The lowest BCUT2D eigenvalue weighted by atomic mass is 10.2. The maximum absolute atomic E-state index is 12.9. The number of rotatable bonds is 8. The van der Waals surface area contributed by atoms with E-state index in [0.717, 1.165) is 17.7 Å². The van der Waals surface area contributed by atoms with Gasteiger partial charge >= 0.3 is 0 Å². The number of fused-ring (bicyclic) bond motifs is 1. The predicted molar refractivity (Wildman–Crippen MR) is 107 cm³/mol. The molecule has 0 spiro atoms. The number of nitrogens with one attached hydrogen (secondary N) is 1. The molecule has 0 aliphatic carbocycles. The van der Waals surface area contributed by atoms with Gasteiger partial charge in [-0.1, -0.05) is 17.7 Å². The van der Waals surface area contributed by atoms with E-state index in [1.165, 1.54) is 10.8 Å². The molecule has 8 heteroatoms. The summed E-state index contributed by atoms with van der Waals surface area (Å²) in [4.78, 5) is 29.4.